The number of hydrogen-bond acceptors (Lipinski definition) is 2. The lowest BCUT2D eigenvalue weighted by Crippen LogP contribution is -1.84. The van der Waals surface area contributed by atoms with Gasteiger partial charge in [0.2, 0.25) is 0 Å². The highest BCUT2D eigenvalue weighted by Crippen LogP contribution is 2.11. The molecule has 0 saturated heterocycles. The van der Waals surface area contributed by atoms with E-state index < -0.39 is 0 Å². The first-order chi connectivity index (χ1) is 5.33. The standard InChI is InChI=1S/C8H12BrNO/c1-2-3-4-5-7-6-11-8(9)10-7/h6H,2-5H2,1H3. The first kappa shape index (κ1) is 8.78. The van der Waals surface area contributed by atoms with E-state index in [4.69, 9.17) is 4.42 Å². The number of hydrogen-bond donors (Lipinski definition) is 0. The van der Waals surface area contributed by atoms with Gasteiger partial charge in [0, 0.05) is 15.9 Å². The summed E-state index contributed by atoms with van der Waals surface area (Å²) in [6.07, 6.45) is 6.46. The summed E-state index contributed by atoms with van der Waals surface area (Å²) in [4.78, 5) is 4.72. The first-order valence-electron chi connectivity index (χ1n) is 3.93. The van der Waals surface area contributed by atoms with Crippen molar-refractivity contribution in [1.82, 2.24) is 4.98 Å². The molecule has 62 valence electrons. The average Bonchev–Trinajstić information content (AvgIpc) is 2.37. The molecule has 0 aliphatic carbocycles. The molecule has 1 aromatic heterocycles. The van der Waals surface area contributed by atoms with Crippen LogP contribution in [0.25, 0.3) is 0 Å². The van der Waals surface area contributed by atoms with Crippen molar-refractivity contribution >= 4 is 15.9 Å². The van der Waals surface area contributed by atoms with Gasteiger partial charge in [-0.2, -0.15) is 0 Å². The summed E-state index contributed by atoms with van der Waals surface area (Å²) >= 11 is 3.16. The number of unbranched alkanes of at least 4 members (excludes halogenated alkanes) is 2. The molecule has 0 fully saturated rings. The van der Waals surface area contributed by atoms with Crippen LogP contribution in [0.15, 0.2) is 15.5 Å². The molecular weight excluding hydrogens is 206 g/mol. The molecule has 0 atom stereocenters. The topological polar surface area (TPSA) is 26.0 Å². The highest BCUT2D eigenvalue weighted by molar-refractivity contribution is 9.10. The zero-order valence-corrected chi connectivity index (χ0v) is 8.23. The van der Waals surface area contributed by atoms with Crippen molar-refractivity contribution in [2.45, 2.75) is 32.6 Å². The van der Waals surface area contributed by atoms with Gasteiger partial charge in [-0.3, -0.25) is 0 Å². The van der Waals surface area contributed by atoms with Crippen LogP contribution >= 0.6 is 15.9 Å². The number of nitrogens with zero attached hydrogens (tertiary/aromatic N) is 1. The van der Waals surface area contributed by atoms with Crippen LogP contribution in [0.3, 0.4) is 0 Å². The van der Waals surface area contributed by atoms with Crippen LogP contribution in [0, 0.1) is 0 Å². The summed E-state index contributed by atoms with van der Waals surface area (Å²) in [6.45, 7) is 2.19. The van der Waals surface area contributed by atoms with Gasteiger partial charge in [0.1, 0.15) is 6.26 Å². The fourth-order valence-electron chi connectivity index (χ4n) is 0.953. The van der Waals surface area contributed by atoms with Crippen LogP contribution in [0.2, 0.25) is 0 Å². The van der Waals surface area contributed by atoms with Crippen molar-refractivity contribution < 1.29 is 4.42 Å². The zero-order valence-electron chi connectivity index (χ0n) is 6.64. The maximum absolute atomic E-state index is 5.00. The molecule has 0 amide bonds. The minimum absolute atomic E-state index is 0.587. The molecular formula is C8H12BrNO. The lowest BCUT2D eigenvalue weighted by molar-refractivity contribution is 0.527. The van der Waals surface area contributed by atoms with Crippen molar-refractivity contribution in [2.24, 2.45) is 0 Å². The Hall–Kier alpha value is -0.310. The average molecular weight is 218 g/mol. The quantitative estimate of drug-likeness (QED) is 0.725. The molecule has 2 nitrogen and oxygen atoms in total. The van der Waals surface area contributed by atoms with E-state index in [9.17, 15) is 0 Å². The predicted molar refractivity (Wildman–Crippen MR) is 47.4 cm³/mol. The van der Waals surface area contributed by atoms with Crippen molar-refractivity contribution in [3.05, 3.63) is 16.8 Å². The molecule has 11 heavy (non-hydrogen) atoms. The maximum atomic E-state index is 5.00. The van der Waals surface area contributed by atoms with Gasteiger partial charge in [0.05, 0.1) is 5.69 Å². The van der Waals surface area contributed by atoms with Crippen LogP contribution < -0.4 is 0 Å². The molecule has 0 unspecified atom stereocenters. The van der Waals surface area contributed by atoms with Crippen LogP contribution in [0.5, 0.6) is 0 Å². The van der Waals surface area contributed by atoms with Crippen molar-refractivity contribution in [3.8, 4) is 0 Å². The molecule has 1 aromatic rings. The Labute approximate surface area is 75.1 Å². The predicted octanol–water partition coefficient (Wildman–Crippen LogP) is 3.17. The normalized spacial score (nSPS) is 10.4. The van der Waals surface area contributed by atoms with Crippen LogP contribution in [-0.4, -0.2) is 4.98 Å². The lowest BCUT2D eigenvalue weighted by atomic mass is 10.2. The Morgan fingerprint density at radius 3 is 2.91 bits per heavy atom. The molecule has 1 heterocycles. The highest BCUT2D eigenvalue weighted by Gasteiger charge is 1.98. The smallest absolute Gasteiger partial charge is 0.264 e. The SMILES string of the molecule is CCCCCc1coc(Br)n1. The highest BCUT2D eigenvalue weighted by atomic mass is 79.9. The van der Waals surface area contributed by atoms with Gasteiger partial charge in [0.15, 0.2) is 0 Å². The van der Waals surface area contributed by atoms with E-state index in [1.807, 2.05) is 0 Å². The Balaban J connectivity index is 2.27. The Bertz CT molecular complexity index is 210. The van der Waals surface area contributed by atoms with Gasteiger partial charge in [0.25, 0.3) is 4.80 Å². The van der Waals surface area contributed by atoms with E-state index >= 15 is 0 Å². The van der Waals surface area contributed by atoms with Crippen LogP contribution in [0.1, 0.15) is 31.9 Å². The molecule has 0 N–H and O–H groups in total. The lowest BCUT2D eigenvalue weighted by Gasteiger charge is -1.92. The number of halogens is 1. The molecule has 0 bridgehead atoms. The van der Waals surface area contributed by atoms with Crippen molar-refractivity contribution in [3.63, 3.8) is 0 Å². The number of rotatable bonds is 4. The minimum Gasteiger partial charge on any atom is -0.439 e. The molecule has 0 saturated carbocycles. The Morgan fingerprint density at radius 2 is 2.36 bits per heavy atom. The number of aryl methyl sites for hydroxylation is 1. The van der Waals surface area contributed by atoms with Gasteiger partial charge in [-0.15, -0.1) is 0 Å². The summed E-state index contributed by atoms with van der Waals surface area (Å²) in [5.41, 5.74) is 1.05. The summed E-state index contributed by atoms with van der Waals surface area (Å²) in [6, 6.07) is 0. The van der Waals surface area contributed by atoms with Gasteiger partial charge < -0.3 is 4.42 Å². The first-order valence-corrected chi connectivity index (χ1v) is 4.72. The summed E-state index contributed by atoms with van der Waals surface area (Å²) in [7, 11) is 0. The molecule has 3 heteroatoms. The Morgan fingerprint density at radius 1 is 1.55 bits per heavy atom. The van der Waals surface area contributed by atoms with E-state index in [0.29, 0.717) is 4.80 Å². The monoisotopic (exact) mass is 217 g/mol. The largest absolute Gasteiger partial charge is 0.439 e. The number of oxazole rings is 1. The third-order valence-electron chi connectivity index (χ3n) is 1.56. The summed E-state index contributed by atoms with van der Waals surface area (Å²) in [5, 5.41) is 0. The number of aromatic nitrogens is 1. The Kier molecular flexibility index (Phi) is 3.63. The van der Waals surface area contributed by atoms with E-state index in [0.717, 1.165) is 12.1 Å². The second kappa shape index (κ2) is 4.54. The van der Waals surface area contributed by atoms with Crippen molar-refractivity contribution in [2.75, 3.05) is 0 Å². The summed E-state index contributed by atoms with van der Waals surface area (Å²) < 4.78 is 5.00. The fraction of sp³-hybridized carbons (Fsp3) is 0.625. The van der Waals surface area contributed by atoms with Gasteiger partial charge in [-0.1, -0.05) is 19.8 Å². The summed E-state index contributed by atoms with van der Waals surface area (Å²) in [5.74, 6) is 0. The third kappa shape index (κ3) is 3.06. The molecule has 0 aromatic carbocycles. The van der Waals surface area contributed by atoms with E-state index in [1.54, 1.807) is 6.26 Å². The van der Waals surface area contributed by atoms with Crippen LogP contribution in [0.4, 0.5) is 0 Å². The zero-order chi connectivity index (χ0) is 8.10. The van der Waals surface area contributed by atoms with E-state index in [2.05, 4.69) is 27.8 Å². The van der Waals surface area contributed by atoms with E-state index in [1.165, 1.54) is 19.3 Å². The molecule has 0 radical (unpaired) electrons. The van der Waals surface area contributed by atoms with Crippen LogP contribution in [-0.2, 0) is 6.42 Å². The van der Waals surface area contributed by atoms with Crippen molar-refractivity contribution in [1.29, 1.82) is 0 Å². The second-order valence-electron chi connectivity index (χ2n) is 2.55. The van der Waals surface area contributed by atoms with Gasteiger partial charge in [-0.05, 0) is 12.8 Å². The fourth-order valence-corrected chi connectivity index (χ4v) is 1.27. The second-order valence-corrected chi connectivity index (χ2v) is 3.23. The molecule has 0 spiro atoms. The van der Waals surface area contributed by atoms with Gasteiger partial charge >= 0.3 is 0 Å². The third-order valence-corrected chi connectivity index (χ3v) is 1.92. The maximum Gasteiger partial charge on any atom is 0.264 e. The molecule has 0 aliphatic heterocycles. The van der Waals surface area contributed by atoms with Gasteiger partial charge in [-0.25, -0.2) is 4.98 Å². The molecule has 0 aliphatic rings. The minimum atomic E-state index is 0.587. The molecule has 1 rings (SSSR count). The van der Waals surface area contributed by atoms with E-state index in [-0.39, 0.29) is 0 Å².